The first-order valence-corrected chi connectivity index (χ1v) is 11.8. The van der Waals surface area contributed by atoms with Crippen molar-refractivity contribution in [2.75, 3.05) is 25.6 Å². The topological polar surface area (TPSA) is 84.4 Å². The number of carbonyl (C=O) groups excluding carboxylic acids is 2. The molecule has 1 aromatic heterocycles. The summed E-state index contributed by atoms with van der Waals surface area (Å²) in [6.45, 7) is 5.03. The highest BCUT2D eigenvalue weighted by Crippen LogP contribution is 2.49. The van der Waals surface area contributed by atoms with Gasteiger partial charge in [-0.2, -0.15) is 0 Å². The highest BCUT2D eigenvalue weighted by molar-refractivity contribution is 7.15. The molecule has 1 aliphatic carbocycles. The van der Waals surface area contributed by atoms with E-state index < -0.39 is 11.5 Å². The number of nitrogens with one attached hydrogen (secondary N) is 1. The maximum Gasteiger partial charge on any atom is 0.254 e. The molecule has 2 heterocycles. The van der Waals surface area contributed by atoms with Gasteiger partial charge in [-0.1, -0.05) is 62.6 Å². The third-order valence-electron chi connectivity index (χ3n) is 6.49. The molecule has 0 radical (unpaired) electrons. The van der Waals surface area contributed by atoms with E-state index in [1.165, 1.54) is 11.3 Å². The van der Waals surface area contributed by atoms with Crippen molar-refractivity contribution in [3.63, 3.8) is 0 Å². The van der Waals surface area contributed by atoms with Crippen LogP contribution in [0.5, 0.6) is 0 Å². The Morgan fingerprint density at radius 2 is 2.00 bits per heavy atom. The lowest BCUT2D eigenvalue weighted by Crippen LogP contribution is -2.62. The molecular weight excluding hydrogens is 412 g/mol. The summed E-state index contributed by atoms with van der Waals surface area (Å²) >= 11 is 1.41. The van der Waals surface area contributed by atoms with E-state index >= 15 is 0 Å². The standard InChI is InChI=1S/C23H30N4O3S/c1-15(2)20-25-26-22(31-20)24-19(28)18-16-9-5-6-10-17(16)21(29)27(13-14-30-3)23(18)11-7-4-8-12-23/h5-6,9-10,15,18H,4,7-8,11-14H2,1-3H3,(H,24,26,28)/t18-/m0/s1. The molecule has 1 atom stereocenters. The van der Waals surface area contributed by atoms with E-state index in [4.69, 9.17) is 4.74 Å². The fourth-order valence-electron chi connectivity index (χ4n) is 5.05. The minimum Gasteiger partial charge on any atom is -0.383 e. The first-order valence-electron chi connectivity index (χ1n) is 11.0. The second-order valence-electron chi connectivity index (χ2n) is 8.72. The Hall–Kier alpha value is -2.32. The summed E-state index contributed by atoms with van der Waals surface area (Å²) in [6, 6.07) is 7.53. The summed E-state index contributed by atoms with van der Waals surface area (Å²) in [7, 11) is 1.64. The smallest absolute Gasteiger partial charge is 0.254 e. The lowest BCUT2D eigenvalue weighted by molar-refractivity contribution is -0.122. The number of benzene rings is 1. The van der Waals surface area contributed by atoms with Crippen molar-refractivity contribution >= 4 is 28.3 Å². The number of ether oxygens (including phenoxy) is 1. The van der Waals surface area contributed by atoms with Gasteiger partial charge >= 0.3 is 0 Å². The molecule has 0 unspecified atom stereocenters. The number of hydrogen-bond acceptors (Lipinski definition) is 6. The summed E-state index contributed by atoms with van der Waals surface area (Å²) in [6.07, 6.45) is 4.74. The number of methoxy groups -OCH3 is 1. The highest BCUT2D eigenvalue weighted by atomic mass is 32.1. The molecule has 1 spiro atoms. The van der Waals surface area contributed by atoms with Crippen LogP contribution in [0.15, 0.2) is 24.3 Å². The zero-order valence-corrected chi connectivity index (χ0v) is 19.2. The summed E-state index contributed by atoms with van der Waals surface area (Å²) in [5.74, 6) is -0.317. The number of aromatic nitrogens is 2. The van der Waals surface area contributed by atoms with Crippen LogP contribution in [-0.4, -0.2) is 52.7 Å². The van der Waals surface area contributed by atoms with Crippen molar-refractivity contribution in [1.82, 2.24) is 15.1 Å². The van der Waals surface area contributed by atoms with Crippen LogP contribution < -0.4 is 5.32 Å². The SMILES string of the molecule is COCCN1C(=O)c2ccccc2[C@@H](C(=O)Nc2nnc(C(C)C)s2)C12CCCCC2. The predicted octanol–water partition coefficient (Wildman–Crippen LogP) is 4.19. The molecule has 2 aliphatic rings. The maximum absolute atomic E-state index is 13.8. The van der Waals surface area contributed by atoms with Gasteiger partial charge in [-0.15, -0.1) is 10.2 Å². The van der Waals surface area contributed by atoms with Gasteiger partial charge in [0.05, 0.1) is 18.1 Å². The van der Waals surface area contributed by atoms with Crippen molar-refractivity contribution in [3.8, 4) is 0 Å². The first kappa shape index (κ1) is 21.9. The van der Waals surface area contributed by atoms with Crippen LogP contribution in [0.25, 0.3) is 0 Å². The van der Waals surface area contributed by atoms with E-state index in [2.05, 4.69) is 29.4 Å². The molecule has 4 rings (SSSR count). The zero-order chi connectivity index (χ0) is 22.0. The van der Waals surface area contributed by atoms with Crippen molar-refractivity contribution in [1.29, 1.82) is 0 Å². The lowest BCUT2D eigenvalue weighted by atomic mass is 9.65. The van der Waals surface area contributed by atoms with Crippen LogP contribution in [0.4, 0.5) is 5.13 Å². The molecular formula is C23H30N4O3S. The second kappa shape index (κ2) is 9.04. The minimum atomic E-state index is -0.544. The quantitative estimate of drug-likeness (QED) is 0.725. The number of fused-ring (bicyclic) bond motifs is 1. The van der Waals surface area contributed by atoms with Gasteiger partial charge in [0.2, 0.25) is 11.0 Å². The van der Waals surface area contributed by atoms with Gasteiger partial charge in [0, 0.05) is 25.1 Å². The maximum atomic E-state index is 13.8. The van der Waals surface area contributed by atoms with Gasteiger partial charge < -0.3 is 9.64 Å². The van der Waals surface area contributed by atoms with Crippen LogP contribution >= 0.6 is 11.3 Å². The van der Waals surface area contributed by atoms with Crippen LogP contribution in [-0.2, 0) is 9.53 Å². The zero-order valence-electron chi connectivity index (χ0n) is 18.4. The van der Waals surface area contributed by atoms with E-state index in [-0.39, 0.29) is 17.7 Å². The predicted molar refractivity (Wildman–Crippen MR) is 121 cm³/mol. The molecule has 1 aromatic carbocycles. The van der Waals surface area contributed by atoms with E-state index in [9.17, 15) is 9.59 Å². The van der Waals surface area contributed by atoms with Gasteiger partial charge in [0.25, 0.3) is 5.91 Å². The Bertz CT molecular complexity index is 952. The lowest BCUT2D eigenvalue weighted by Gasteiger charge is -2.53. The number of rotatable bonds is 6. The molecule has 0 saturated heterocycles. The van der Waals surface area contributed by atoms with Gasteiger partial charge in [-0.05, 0) is 24.5 Å². The number of nitrogens with zero attached hydrogens (tertiary/aromatic N) is 3. The summed E-state index contributed by atoms with van der Waals surface area (Å²) in [5.41, 5.74) is 0.877. The second-order valence-corrected chi connectivity index (χ2v) is 9.73. The summed E-state index contributed by atoms with van der Waals surface area (Å²) in [5, 5.41) is 12.8. The van der Waals surface area contributed by atoms with E-state index in [0.29, 0.717) is 23.8 Å². The third-order valence-corrected chi connectivity index (χ3v) is 7.63. The summed E-state index contributed by atoms with van der Waals surface area (Å²) in [4.78, 5) is 29.2. The largest absolute Gasteiger partial charge is 0.383 e. The minimum absolute atomic E-state index is 0.00314. The molecule has 1 fully saturated rings. The van der Waals surface area contributed by atoms with Crippen molar-refractivity contribution in [3.05, 3.63) is 40.4 Å². The van der Waals surface area contributed by atoms with Crippen LogP contribution in [0, 0.1) is 0 Å². The fourth-order valence-corrected chi connectivity index (χ4v) is 5.80. The number of hydrogen-bond donors (Lipinski definition) is 1. The van der Waals surface area contributed by atoms with E-state index in [1.54, 1.807) is 7.11 Å². The van der Waals surface area contributed by atoms with Crippen LogP contribution in [0.2, 0.25) is 0 Å². The number of anilines is 1. The first-order chi connectivity index (χ1) is 15.0. The van der Waals surface area contributed by atoms with Crippen molar-refractivity contribution < 1.29 is 14.3 Å². The molecule has 1 N–H and O–H groups in total. The van der Waals surface area contributed by atoms with Crippen LogP contribution in [0.1, 0.15) is 78.7 Å². The molecule has 0 bridgehead atoms. The average Bonchev–Trinajstić information content (AvgIpc) is 3.23. The Kier molecular flexibility index (Phi) is 6.39. The molecule has 1 aliphatic heterocycles. The Balaban J connectivity index is 1.76. The third kappa shape index (κ3) is 3.99. The normalized spacial score (nSPS) is 20.2. The molecule has 31 heavy (non-hydrogen) atoms. The molecule has 7 nitrogen and oxygen atoms in total. The van der Waals surface area contributed by atoms with Gasteiger partial charge in [0.1, 0.15) is 5.01 Å². The Labute approximate surface area is 187 Å². The Morgan fingerprint density at radius 3 is 2.68 bits per heavy atom. The van der Waals surface area contributed by atoms with Gasteiger partial charge in [-0.3, -0.25) is 14.9 Å². The fraction of sp³-hybridized carbons (Fsp3) is 0.565. The number of amides is 2. The van der Waals surface area contributed by atoms with Gasteiger partial charge in [0.15, 0.2) is 0 Å². The van der Waals surface area contributed by atoms with Gasteiger partial charge in [-0.25, -0.2) is 0 Å². The molecule has 2 aromatic rings. The molecule has 2 amide bonds. The van der Waals surface area contributed by atoms with E-state index in [0.717, 1.165) is 42.7 Å². The number of carbonyl (C=O) groups is 2. The molecule has 166 valence electrons. The molecule has 8 heteroatoms. The summed E-state index contributed by atoms with van der Waals surface area (Å²) < 4.78 is 5.32. The Morgan fingerprint density at radius 1 is 1.26 bits per heavy atom. The van der Waals surface area contributed by atoms with E-state index in [1.807, 2.05) is 29.2 Å². The van der Waals surface area contributed by atoms with Crippen molar-refractivity contribution in [2.45, 2.75) is 63.3 Å². The monoisotopic (exact) mass is 442 g/mol. The van der Waals surface area contributed by atoms with Crippen molar-refractivity contribution in [2.24, 2.45) is 0 Å². The highest BCUT2D eigenvalue weighted by Gasteiger charge is 2.54. The average molecular weight is 443 g/mol. The molecule has 1 saturated carbocycles. The van der Waals surface area contributed by atoms with Crippen LogP contribution in [0.3, 0.4) is 0 Å².